The van der Waals surface area contributed by atoms with E-state index < -0.39 is 32.5 Å². The summed E-state index contributed by atoms with van der Waals surface area (Å²) in [5, 5.41) is 0. The Morgan fingerprint density at radius 1 is 0.564 bits per heavy atom. The second kappa shape index (κ2) is 41.3. The zero-order valence-electron chi connectivity index (χ0n) is 34.9. The molecule has 2 atom stereocenters. The van der Waals surface area contributed by atoms with Crippen molar-refractivity contribution in [2.45, 2.75) is 187 Å². The molecule has 0 aliphatic rings. The van der Waals surface area contributed by atoms with Crippen molar-refractivity contribution >= 4 is 19.8 Å². The van der Waals surface area contributed by atoms with Gasteiger partial charge in [0.15, 0.2) is 6.10 Å². The fraction of sp³-hybridized carbons (Fsp3) is 0.733. The van der Waals surface area contributed by atoms with Gasteiger partial charge < -0.3 is 20.1 Å². The summed E-state index contributed by atoms with van der Waals surface area (Å²) in [4.78, 5) is 34.8. The average molecular weight is 794 g/mol. The molecular formula is C45H80NO8P. The highest BCUT2D eigenvalue weighted by atomic mass is 31.2. The van der Waals surface area contributed by atoms with E-state index in [1.54, 1.807) is 0 Å². The van der Waals surface area contributed by atoms with Crippen molar-refractivity contribution in [1.82, 2.24) is 0 Å². The number of nitrogens with two attached hydrogens (primary N) is 1. The number of allylic oxidation sites excluding steroid dienone is 10. The van der Waals surface area contributed by atoms with E-state index in [2.05, 4.69) is 68.5 Å². The second-order valence-electron chi connectivity index (χ2n) is 14.2. The number of carbonyl (C=O) groups excluding carboxylic acids is 2. The minimum absolute atomic E-state index is 0.0429. The van der Waals surface area contributed by atoms with Crippen LogP contribution in [0.3, 0.4) is 0 Å². The molecule has 9 nitrogen and oxygen atoms in total. The normalized spacial score (nSPS) is 13.9. The molecule has 0 aliphatic carbocycles. The van der Waals surface area contributed by atoms with E-state index in [-0.39, 0.29) is 32.6 Å². The second-order valence-corrected chi connectivity index (χ2v) is 15.6. The predicted molar refractivity (Wildman–Crippen MR) is 229 cm³/mol. The lowest BCUT2D eigenvalue weighted by atomic mass is 10.0. The molecule has 0 amide bonds. The van der Waals surface area contributed by atoms with Crippen molar-refractivity contribution < 1.29 is 37.6 Å². The van der Waals surface area contributed by atoms with Crippen molar-refractivity contribution in [2.24, 2.45) is 5.73 Å². The molecule has 0 radical (unpaired) electrons. The molecule has 55 heavy (non-hydrogen) atoms. The van der Waals surface area contributed by atoms with E-state index in [4.69, 9.17) is 24.3 Å². The van der Waals surface area contributed by atoms with Crippen LogP contribution in [0, 0.1) is 0 Å². The maximum Gasteiger partial charge on any atom is 0.472 e. The molecule has 1 unspecified atom stereocenters. The van der Waals surface area contributed by atoms with Gasteiger partial charge in [-0.3, -0.25) is 18.6 Å². The minimum Gasteiger partial charge on any atom is -0.462 e. The van der Waals surface area contributed by atoms with Crippen molar-refractivity contribution in [3.63, 3.8) is 0 Å². The smallest absolute Gasteiger partial charge is 0.462 e. The van der Waals surface area contributed by atoms with E-state index >= 15 is 0 Å². The van der Waals surface area contributed by atoms with E-state index in [9.17, 15) is 19.0 Å². The Bertz CT molecular complexity index is 1090. The lowest BCUT2D eigenvalue weighted by molar-refractivity contribution is -0.161. The number of phosphoric acid groups is 1. The molecule has 0 heterocycles. The van der Waals surface area contributed by atoms with Crippen LogP contribution in [0.4, 0.5) is 0 Å². The molecule has 0 spiro atoms. The number of phosphoric ester groups is 1. The van der Waals surface area contributed by atoms with Crippen LogP contribution < -0.4 is 5.73 Å². The molecule has 0 saturated heterocycles. The Kier molecular flexibility index (Phi) is 39.6. The molecule has 0 aliphatic heterocycles. The number of carbonyl (C=O) groups is 2. The summed E-state index contributed by atoms with van der Waals surface area (Å²) >= 11 is 0. The Morgan fingerprint density at radius 2 is 1.00 bits per heavy atom. The van der Waals surface area contributed by atoms with Gasteiger partial charge >= 0.3 is 19.8 Å². The highest BCUT2D eigenvalue weighted by Gasteiger charge is 2.25. The van der Waals surface area contributed by atoms with Crippen LogP contribution in [0.1, 0.15) is 181 Å². The van der Waals surface area contributed by atoms with Crippen LogP contribution in [0.25, 0.3) is 0 Å². The van der Waals surface area contributed by atoms with Crippen molar-refractivity contribution in [3.05, 3.63) is 60.8 Å². The third kappa shape index (κ3) is 41.2. The maximum atomic E-state index is 12.6. The SMILES string of the molecule is CC/C=C/C/C=C/C/C=C/C/C=C/C/C=C/CCCC(=O)O[C@H](COC(=O)CCCCCCCCCCCCCCCCCCC)COP(=O)(O)OCCN. The number of hydrogen-bond donors (Lipinski definition) is 2. The monoisotopic (exact) mass is 794 g/mol. The molecule has 0 saturated carbocycles. The van der Waals surface area contributed by atoms with E-state index in [1.807, 2.05) is 6.08 Å². The van der Waals surface area contributed by atoms with Crippen LogP contribution in [0.15, 0.2) is 60.8 Å². The first-order valence-electron chi connectivity index (χ1n) is 21.8. The van der Waals surface area contributed by atoms with Gasteiger partial charge in [-0.15, -0.1) is 0 Å². The van der Waals surface area contributed by atoms with Crippen molar-refractivity contribution in [1.29, 1.82) is 0 Å². The summed E-state index contributed by atoms with van der Waals surface area (Å²) in [6, 6.07) is 0. The average Bonchev–Trinajstić information content (AvgIpc) is 3.17. The summed E-state index contributed by atoms with van der Waals surface area (Å²) in [5.41, 5.74) is 5.34. The highest BCUT2D eigenvalue weighted by molar-refractivity contribution is 7.47. The fourth-order valence-corrected chi connectivity index (χ4v) is 6.49. The first-order chi connectivity index (χ1) is 26.8. The van der Waals surface area contributed by atoms with Crippen LogP contribution in [0.5, 0.6) is 0 Å². The first-order valence-corrected chi connectivity index (χ1v) is 23.3. The zero-order chi connectivity index (χ0) is 40.3. The van der Waals surface area contributed by atoms with E-state index in [0.29, 0.717) is 12.8 Å². The van der Waals surface area contributed by atoms with Crippen molar-refractivity contribution in [3.8, 4) is 0 Å². The Balaban J connectivity index is 4.23. The molecule has 0 fully saturated rings. The Labute approximate surface area is 336 Å². The van der Waals surface area contributed by atoms with Gasteiger partial charge in [-0.1, -0.05) is 177 Å². The molecule has 0 aromatic heterocycles. The maximum absolute atomic E-state index is 12.6. The standard InChI is InChI=1S/C45H80NO8P/c1-3-5-7-9-11-13-15-17-19-21-23-25-27-29-31-33-35-37-44(47)51-41-43(42-53-55(49,50)52-40-39-46)54-45(48)38-36-34-32-30-28-26-24-22-20-18-16-14-12-10-8-6-4-2/h6,8,12,14,18,20,24,26,30,32,43H,3-5,7,9-11,13,15-17,19,21-23,25,27-29,31,33-42,46H2,1-2H3,(H,49,50)/b8-6+,14-12+,20-18+,26-24+,32-30+/t43-/m1/s1. The molecule has 0 bridgehead atoms. The van der Waals surface area contributed by atoms with Gasteiger partial charge in [-0.05, 0) is 51.4 Å². The third-order valence-electron chi connectivity index (χ3n) is 8.92. The predicted octanol–water partition coefficient (Wildman–Crippen LogP) is 12.5. The molecule has 318 valence electrons. The quantitative estimate of drug-likeness (QED) is 0.0269. The zero-order valence-corrected chi connectivity index (χ0v) is 35.8. The first kappa shape index (κ1) is 52.7. The van der Waals surface area contributed by atoms with Gasteiger partial charge in [0.2, 0.25) is 0 Å². The number of ether oxygens (including phenoxy) is 2. The number of rotatable bonds is 40. The molecule has 0 aromatic carbocycles. The summed E-state index contributed by atoms with van der Waals surface area (Å²) in [6.07, 6.45) is 48.3. The van der Waals surface area contributed by atoms with Gasteiger partial charge in [0.1, 0.15) is 6.61 Å². The third-order valence-corrected chi connectivity index (χ3v) is 9.90. The summed E-state index contributed by atoms with van der Waals surface area (Å²) in [6.45, 7) is 3.56. The molecule has 10 heteroatoms. The van der Waals surface area contributed by atoms with E-state index in [1.165, 1.54) is 89.9 Å². The van der Waals surface area contributed by atoms with Gasteiger partial charge in [0, 0.05) is 19.4 Å². The lowest BCUT2D eigenvalue weighted by Crippen LogP contribution is -2.29. The lowest BCUT2D eigenvalue weighted by Gasteiger charge is -2.19. The summed E-state index contributed by atoms with van der Waals surface area (Å²) < 4.78 is 32.7. The van der Waals surface area contributed by atoms with Crippen LogP contribution in [-0.4, -0.2) is 49.3 Å². The highest BCUT2D eigenvalue weighted by Crippen LogP contribution is 2.43. The van der Waals surface area contributed by atoms with Crippen LogP contribution in [-0.2, 0) is 32.7 Å². The van der Waals surface area contributed by atoms with Crippen molar-refractivity contribution in [2.75, 3.05) is 26.4 Å². The number of hydrogen-bond acceptors (Lipinski definition) is 8. The molecule has 3 N–H and O–H groups in total. The molecular weight excluding hydrogens is 713 g/mol. The summed E-state index contributed by atoms with van der Waals surface area (Å²) in [5.74, 6) is -0.896. The minimum atomic E-state index is -4.39. The fourth-order valence-electron chi connectivity index (χ4n) is 5.73. The van der Waals surface area contributed by atoms with Gasteiger partial charge in [0.25, 0.3) is 0 Å². The number of esters is 2. The van der Waals surface area contributed by atoms with Crippen LogP contribution in [0.2, 0.25) is 0 Å². The van der Waals surface area contributed by atoms with Gasteiger partial charge in [0.05, 0.1) is 13.2 Å². The Morgan fingerprint density at radius 3 is 1.47 bits per heavy atom. The van der Waals surface area contributed by atoms with E-state index in [0.717, 1.165) is 51.4 Å². The topological polar surface area (TPSA) is 134 Å². The van der Waals surface area contributed by atoms with Crippen LogP contribution >= 0.6 is 7.82 Å². The number of unbranched alkanes of at least 4 members (excludes halogenated alkanes) is 17. The molecule has 0 rings (SSSR count). The Hall–Kier alpha value is -2.29. The van der Waals surface area contributed by atoms with Gasteiger partial charge in [-0.25, -0.2) is 4.57 Å². The molecule has 0 aromatic rings. The largest absolute Gasteiger partial charge is 0.472 e. The van der Waals surface area contributed by atoms with Gasteiger partial charge in [-0.2, -0.15) is 0 Å². The summed E-state index contributed by atoms with van der Waals surface area (Å²) in [7, 11) is -4.39.